The van der Waals surface area contributed by atoms with Crippen LogP contribution in [0.25, 0.3) is 0 Å². The van der Waals surface area contributed by atoms with E-state index >= 15 is 0 Å². The van der Waals surface area contributed by atoms with Gasteiger partial charge >= 0.3 is 0 Å². The molecule has 0 spiro atoms. The Hall–Kier alpha value is -1.11. The molecular formula is C15H24N2O3S. The van der Waals surface area contributed by atoms with Gasteiger partial charge in [-0.15, -0.1) is 0 Å². The number of rotatable bonds is 8. The van der Waals surface area contributed by atoms with Gasteiger partial charge in [0, 0.05) is 25.7 Å². The molecule has 1 saturated carbocycles. The number of ether oxygens (including phenoxy) is 1. The van der Waals surface area contributed by atoms with Crippen molar-refractivity contribution < 1.29 is 13.2 Å². The molecule has 1 N–H and O–H groups in total. The molecule has 5 nitrogen and oxygen atoms in total. The molecule has 0 atom stereocenters. The molecule has 1 fully saturated rings. The molecule has 0 radical (unpaired) electrons. The van der Waals surface area contributed by atoms with E-state index in [1.165, 1.54) is 4.31 Å². The highest BCUT2D eigenvalue weighted by molar-refractivity contribution is 7.89. The van der Waals surface area contributed by atoms with Crippen LogP contribution in [0.15, 0.2) is 29.2 Å². The lowest BCUT2D eigenvalue weighted by atomic mass is 10.3. The number of hydrogen-bond donors (Lipinski definition) is 1. The Balaban J connectivity index is 1.92. The molecule has 118 valence electrons. The van der Waals surface area contributed by atoms with Crippen LogP contribution in [0.1, 0.15) is 26.7 Å². The topological polar surface area (TPSA) is 58.6 Å². The van der Waals surface area contributed by atoms with E-state index in [4.69, 9.17) is 4.74 Å². The van der Waals surface area contributed by atoms with E-state index in [0.29, 0.717) is 23.3 Å². The van der Waals surface area contributed by atoms with Crippen LogP contribution in [-0.4, -0.2) is 45.0 Å². The molecule has 21 heavy (non-hydrogen) atoms. The molecular weight excluding hydrogens is 288 g/mol. The predicted octanol–water partition coefficient (Wildman–Crippen LogP) is 1.85. The SMILES string of the molecule is CC(C)NCCOc1ccc(S(=O)(=O)N(C)C2CC2)cc1. The van der Waals surface area contributed by atoms with Crippen LogP contribution in [0.2, 0.25) is 0 Å². The maximum Gasteiger partial charge on any atom is 0.243 e. The van der Waals surface area contributed by atoms with Crippen molar-refractivity contribution in [2.45, 2.75) is 43.7 Å². The first-order chi connectivity index (χ1) is 9.91. The van der Waals surface area contributed by atoms with Crippen LogP contribution in [0, 0.1) is 0 Å². The highest BCUT2D eigenvalue weighted by Crippen LogP contribution is 2.30. The van der Waals surface area contributed by atoms with Crippen molar-refractivity contribution in [2.24, 2.45) is 0 Å². The van der Waals surface area contributed by atoms with Gasteiger partial charge in [0.25, 0.3) is 0 Å². The van der Waals surface area contributed by atoms with Crippen LogP contribution >= 0.6 is 0 Å². The van der Waals surface area contributed by atoms with Crippen LogP contribution < -0.4 is 10.1 Å². The van der Waals surface area contributed by atoms with Crippen molar-refractivity contribution in [3.05, 3.63) is 24.3 Å². The fraction of sp³-hybridized carbons (Fsp3) is 0.600. The van der Waals surface area contributed by atoms with Crippen molar-refractivity contribution in [1.82, 2.24) is 9.62 Å². The van der Waals surface area contributed by atoms with Gasteiger partial charge in [0.15, 0.2) is 0 Å². The van der Waals surface area contributed by atoms with Gasteiger partial charge in [0.2, 0.25) is 10.0 Å². The van der Waals surface area contributed by atoms with E-state index in [-0.39, 0.29) is 6.04 Å². The molecule has 1 aliphatic carbocycles. The second kappa shape index (κ2) is 6.77. The summed E-state index contributed by atoms with van der Waals surface area (Å²) in [5.74, 6) is 0.689. The van der Waals surface area contributed by atoms with E-state index < -0.39 is 10.0 Å². The molecule has 1 aromatic rings. The zero-order valence-corrected chi connectivity index (χ0v) is 13.7. The van der Waals surface area contributed by atoms with Gasteiger partial charge in [0.05, 0.1) is 4.90 Å². The summed E-state index contributed by atoms with van der Waals surface area (Å²) in [6.45, 7) is 5.49. The van der Waals surface area contributed by atoms with Crippen LogP contribution in [-0.2, 0) is 10.0 Å². The Morgan fingerprint density at radius 2 is 1.90 bits per heavy atom. The molecule has 2 rings (SSSR count). The number of nitrogens with one attached hydrogen (secondary N) is 1. The lowest BCUT2D eigenvalue weighted by Gasteiger charge is -2.16. The highest BCUT2D eigenvalue weighted by atomic mass is 32.2. The minimum atomic E-state index is -3.36. The maximum atomic E-state index is 12.3. The summed E-state index contributed by atoms with van der Waals surface area (Å²) in [4.78, 5) is 0.324. The summed E-state index contributed by atoms with van der Waals surface area (Å²) in [6, 6.07) is 7.25. The molecule has 0 heterocycles. The second-order valence-corrected chi connectivity index (χ2v) is 7.68. The van der Waals surface area contributed by atoms with Gasteiger partial charge in [-0.2, -0.15) is 4.31 Å². The minimum absolute atomic E-state index is 0.174. The quantitative estimate of drug-likeness (QED) is 0.744. The molecule has 0 saturated heterocycles. The van der Waals surface area contributed by atoms with Crippen molar-refractivity contribution in [3.8, 4) is 5.75 Å². The molecule has 0 aliphatic heterocycles. The molecule has 1 aliphatic rings. The van der Waals surface area contributed by atoms with E-state index in [1.807, 2.05) is 0 Å². The number of benzene rings is 1. The third-order valence-electron chi connectivity index (χ3n) is 3.49. The standard InChI is InChI=1S/C15H24N2O3S/c1-12(2)16-10-11-20-14-6-8-15(9-7-14)21(18,19)17(3)13-4-5-13/h6-9,12-13,16H,4-5,10-11H2,1-3H3. The van der Waals surface area contributed by atoms with Gasteiger partial charge in [-0.3, -0.25) is 0 Å². The fourth-order valence-corrected chi connectivity index (χ4v) is 3.44. The number of nitrogens with zero attached hydrogens (tertiary/aromatic N) is 1. The lowest BCUT2D eigenvalue weighted by molar-refractivity contribution is 0.308. The molecule has 1 aromatic carbocycles. The molecule has 6 heteroatoms. The van der Waals surface area contributed by atoms with Gasteiger partial charge in [-0.05, 0) is 37.1 Å². The zero-order valence-electron chi connectivity index (χ0n) is 12.9. The second-order valence-electron chi connectivity index (χ2n) is 5.68. The van der Waals surface area contributed by atoms with Gasteiger partial charge in [-0.1, -0.05) is 13.8 Å². The third-order valence-corrected chi connectivity index (χ3v) is 5.41. The van der Waals surface area contributed by atoms with E-state index in [2.05, 4.69) is 19.2 Å². The van der Waals surface area contributed by atoms with E-state index in [0.717, 1.165) is 19.4 Å². The summed E-state index contributed by atoms with van der Waals surface area (Å²) < 4.78 is 31.7. The first-order valence-electron chi connectivity index (χ1n) is 7.35. The van der Waals surface area contributed by atoms with Gasteiger partial charge in [-0.25, -0.2) is 8.42 Å². The van der Waals surface area contributed by atoms with Crippen LogP contribution in [0.4, 0.5) is 0 Å². The first kappa shape index (κ1) is 16.3. The molecule has 0 unspecified atom stereocenters. The summed E-state index contributed by atoms with van der Waals surface area (Å²) in [5, 5.41) is 3.26. The van der Waals surface area contributed by atoms with Gasteiger partial charge < -0.3 is 10.1 Å². The Labute approximate surface area is 127 Å². The summed E-state index contributed by atoms with van der Waals surface area (Å²) >= 11 is 0. The maximum absolute atomic E-state index is 12.3. The number of sulfonamides is 1. The Morgan fingerprint density at radius 1 is 1.29 bits per heavy atom. The third kappa shape index (κ3) is 4.43. The van der Waals surface area contributed by atoms with Crippen molar-refractivity contribution in [2.75, 3.05) is 20.2 Å². The van der Waals surface area contributed by atoms with Crippen molar-refractivity contribution >= 4 is 10.0 Å². The molecule has 0 amide bonds. The Morgan fingerprint density at radius 3 is 2.43 bits per heavy atom. The molecule has 0 aromatic heterocycles. The smallest absolute Gasteiger partial charge is 0.243 e. The lowest BCUT2D eigenvalue weighted by Crippen LogP contribution is -2.29. The number of hydrogen-bond acceptors (Lipinski definition) is 4. The van der Waals surface area contributed by atoms with E-state index in [9.17, 15) is 8.42 Å². The monoisotopic (exact) mass is 312 g/mol. The van der Waals surface area contributed by atoms with Crippen LogP contribution in [0.3, 0.4) is 0 Å². The fourth-order valence-electron chi connectivity index (χ4n) is 2.02. The van der Waals surface area contributed by atoms with Crippen LogP contribution in [0.5, 0.6) is 5.75 Å². The van der Waals surface area contributed by atoms with Crippen molar-refractivity contribution in [3.63, 3.8) is 0 Å². The normalized spacial score (nSPS) is 15.7. The zero-order chi connectivity index (χ0) is 15.5. The average Bonchev–Trinajstić information content (AvgIpc) is 3.27. The average molecular weight is 312 g/mol. The largest absolute Gasteiger partial charge is 0.492 e. The Bertz CT molecular complexity index is 551. The highest BCUT2D eigenvalue weighted by Gasteiger charge is 2.34. The summed E-state index contributed by atoms with van der Waals surface area (Å²) in [5.41, 5.74) is 0. The Kier molecular flexibility index (Phi) is 5.24. The summed E-state index contributed by atoms with van der Waals surface area (Å²) in [7, 11) is -1.72. The van der Waals surface area contributed by atoms with Gasteiger partial charge in [0.1, 0.15) is 12.4 Å². The predicted molar refractivity (Wildman–Crippen MR) is 83.0 cm³/mol. The minimum Gasteiger partial charge on any atom is -0.492 e. The van der Waals surface area contributed by atoms with E-state index in [1.54, 1.807) is 31.3 Å². The first-order valence-corrected chi connectivity index (χ1v) is 8.79. The summed E-state index contributed by atoms with van der Waals surface area (Å²) in [6.07, 6.45) is 1.92. The molecule has 0 bridgehead atoms. The van der Waals surface area contributed by atoms with Crippen molar-refractivity contribution in [1.29, 1.82) is 0 Å².